The number of rotatable bonds is 6. The van der Waals surface area contributed by atoms with Gasteiger partial charge >= 0.3 is 0 Å². The van der Waals surface area contributed by atoms with Crippen molar-refractivity contribution >= 4 is 22.4 Å². The predicted molar refractivity (Wildman–Crippen MR) is 113 cm³/mol. The monoisotopic (exact) mass is 402 g/mol. The van der Waals surface area contributed by atoms with Crippen molar-refractivity contribution in [3.05, 3.63) is 22.7 Å². The fourth-order valence-corrected chi connectivity index (χ4v) is 4.73. The average Bonchev–Trinajstić information content (AvgIpc) is 3.41. The molecule has 28 heavy (non-hydrogen) atoms. The third-order valence-corrected chi connectivity index (χ3v) is 6.15. The lowest BCUT2D eigenvalue weighted by molar-refractivity contribution is 0.392. The summed E-state index contributed by atoms with van der Waals surface area (Å²) in [7, 11) is 0. The molecule has 8 nitrogen and oxygen atoms in total. The van der Waals surface area contributed by atoms with Gasteiger partial charge in [-0.3, -0.25) is 4.99 Å². The number of aryl methyl sites for hydroxylation is 2. The Bertz CT molecular complexity index is 805. The topological polar surface area (TPSA) is 83.3 Å². The second-order valence-corrected chi connectivity index (χ2v) is 8.30. The first-order valence-corrected chi connectivity index (χ1v) is 11.2. The normalized spacial score (nSPS) is 19.7. The van der Waals surface area contributed by atoms with E-state index in [1.165, 1.54) is 18.0 Å². The molecule has 0 spiro atoms. The second kappa shape index (κ2) is 8.89. The Balaban J connectivity index is 1.31. The molecule has 2 aromatic heterocycles. The molecule has 2 aromatic rings. The SMILES string of the molecule is CCNC(=NCCc1csc(N2CCCC2)n1)NC1CCc2nc(C)nn2C1. The molecule has 1 saturated heterocycles. The summed E-state index contributed by atoms with van der Waals surface area (Å²) in [4.78, 5) is 16.4. The number of fused-ring (bicyclic) bond motifs is 1. The largest absolute Gasteiger partial charge is 0.357 e. The van der Waals surface area contributed by atoms with E-state index in [-0.39, 0.29) is 0 Å². The van der Waals surface area contributed by atoms with E-state index >= 15 is 0 Å². The minimum atomic E-state index is 0.326. The summed E-state index contributed by atoms with van der Waals surface area (Å²) in [5.74, 6) is 2.82. The van der Waals surface area contributed by atoms with Crippen LogP contribution in [-0.4, -0.2) is 57.9 Å². The molecule has 2 aliphatic heterocycles. The van der Waals surface area contributed by atoms with Crippen molar-refractivity contribution in [1.82, 2.24) is 30.4 Å². The zero-order chi connectivity index (χ0) is 19.3. The van der Waals surface area contributed by atoms with Gasteiger partial charge in [0.1, 0.15) is 11.6 Å². The highest BCUT2D eigenvalue weighted by molar-refractivity contribution is 7.13. The van der Waals surface area contributed by atoms with Crippen LogP contribution in [0.25, 0.3) is 0 Å². The van der Waals surface area contributed by atoms with Crippen LogP contribution in [0.4, 0.5) is 5.13 Å². The molecular weight excluding hydrogens is 372 g/mol. The van der Waals surface area contributed by atoms with E-state index in [1.54, 1.807) is 11.3 Å². The Morgan fingerprint density at radius 3 is 3.00 bits per heavy atom. The second-order valence-electron chi connectivity index (χ2n) is 7.46. The van der Waals surface area contributed by atoms with Gasteiger partial charge < -0.3 is 15.5 Å². The van der Waals surface area contributed by atoms with Gasteiger partial charge in [-0.25, -0.2) is 14.6 Å². The van der Waals surface area contributed by atoms with Gasteiger partial charge in [0, 0.05) is 50.4 Å². The Hall–Kier alpha value is -2.16. The number of thiazole rings is 1. The highest BCUT2D eigenvalue weighted by atomic mass is 32.1. The number of aliphatic imine (C=N–C) groups is 1. The van der Waals surface area contributed by atoms with E-state index in [4.69, 9.17) is 9.98 Å². The van der Waals surface area contributed by atoms with Crippen LogP contribution in [0, 0.1) is 6.92 Å². The highest BCUT2D eigenvalue weighted by Gasteiger charge is 2.21. The van der Waals surface area contributed by atoms with Gasteiger partial charge in [-0.1, -0.05) is 0 Å². The number of guanidine groups is 1. The van der Waals surface area contributed by atoms with Crippen molar-refractivity contribution in [1.29, 1.82) is 0 Å². The number of hydrogen-bond donors (Lipinski definition) is 2. The lowest BCUT2D eigenvalue weighted by Gasteiger charge is -2.25. The van der Waals surface area contributed by atoms with Gasteiger partial charge in [-0.15, -0.1) is 11.3 Å². The van der Waals surface area contributed by atoms with Crippen molar-refractivity contribution in [2.75, 3.05) is 31.1 Å². The van der Waals surface area contributed by atoms with Crippen LogP contribution in [0.2, 0.25) is 0 Å². The third-order valence-electron chi connectivity index (χ3n) is 5.20. The van der Waals surface area contributed by atoms with Crippen LogP contribution in [0.15, 0.2) is 10.4 Å². The van der Waals surface area contributed by atoms with Gasteiger partial charge in [-0.05, 0) is 33.1 Å². The Morgan fingerprint density at radius 1 is 1.32 bits per heavy atom. The Kier molecular flexibility index (Phi) is 6.09. The molecule has 0 saturated carbocycles. The van der Waals surface area contributed by atoms with Gasteiger partial charge in [0.2, 0.25) is 0 Å². The zero-order valence-electron chi connectivity index (χ0n) is 16.8. The molecule has 0 radical (unpaired) electrons. The predicted octanol–water partition coefficient (Wildman–Crippen LogP) is 1.76. The van der Waals surface area contributed by atoms with E-state index in [0.717, 1.165) is 75.3 Å². The fraction of sp³-hybridized carbons (Fsp3) is 0.684. The standard InChI is InChI=1S/C19H30N8S/c1-3-20-18(23-15-6-7-17-22-14(2)25-27(17)12-15)21-9-8-16-13-28-19(24-16)26-10-4-5-11-26/h13,15H,3-12H2,1-2H3,(H2,20,21,23). The third kappa shape index (κ3) is 4.63. The molecule has 0 bridgehead atoms. The maximum Gasteiger partial charge on any atom is 0.191 e. The number of nitrogens with zero attached hydrogens (tertiary/aromatic N) is 6. The summed E-state index contributed by atoms with van der Waals surface area (Å²) in [5.41, 5.74) is 1.15. The van der Waals surface area contributed by atoms with Gasteiger partial charge in [0.25, 0.3) is 0 Å². The molecule has 1 fully saturated rings. The number of nitrogens with one attached hydrogen (secondary N) is 2. The highest BCUT2D eigenvalue weighted by Crippen LogP contribution is 2.24. The van der Waals surface area contributed by atoms with Crippen molar-refractivity contribution in [2.24, 2.45) is 4.99 Å². The Labute approximate surface area is 170 Å². The molecule has 152 valence electrons. The van der Waals surface area contributed by atoms with E-state index in [2.05, 4.69) is 37.9 Å². The maximum absolute atomic E-state index is 4.79. The van der Waals surface area contributed by atoms with Crippen molar-refractivity contribution in [2.45, 2.75) is 58.5 Å². The minimum absolute atomic E-state index is 0.326. The molecule has 4 rings (SSSR count). The average molecular weight is 403 g/mol. The molecule has 0 amide bonds. The van der Waals surface area contributed by atoms with E-state index < -0.39 is 0 Å². The van der Waals surface area contributed by atoms with Crippen molar-refractivity contribution < 1.29 is 0 Å². The van der Waals surface area contributed by atoms with Crippen LogP contribution in [0.3, 0.4) is 0 Å². The maximum atomic E-state index is 4.79. The van der Waals surface area contributed by atoms with Crippen molar-refractivity contribution in [3.63, 3.8) is 0 Å². The quantitative estimate of drug-likeness (QED) is 0.566. The van der Waals surface area contributed by atoms with Crippen LogP contribution in [-0.2, 0) is 19.4 Å². The summed E-state index contributed by atoms with van der Waals surface area (Å²) in [6.45, 7) is 8.77. The molecule has 0 aliphatic carbocycles. The van der Waals surface area contributed by atoms with Gasteiger partial charge in [-0.2, -0.15) is 5.10 Å². The summed E-state index contributed by atoms with van der Waals surface area (Å²) < 4.78 is 2.02. The van der Waals surface area contributed by atoms with E-state index in [1.807, 2.05) is 11.6 Å². The van der Waals surface area contributed by atoms with Crippen LogP contribution in [0.1, 0.15) is 43.5 Å². The fourth-order valence-electron chi connectivity index (χ4n) is 3.81. The van der Waals surface area contributed by atoms with Crippen LogP contribution >= 0.6 is 11.3 Å². The first kappa shape index (κ1) is 19.2. The lowest BCUT2D eigenvalue weighted by atomic mass is 10.1. The first-order valence-electron chi connectivity index (χ1n) is 10.4. The van der Waals surface area contributed by atoms with Crippen LogP contribution in [0.5, 0.6) is 0 Å². The molecule has 1 atom stereocenters. The van der Waals surface area contributed by atoms with E-state index in [9.17, 15) is 0 Å². The molecular formula is C19H30N8S. The summed E-state index contributed by atoms with van der Waals surface area (Å²) >= 11 is 1.76. The number of anilines is 1. The van der Waals surface area contributed by atoms with Gasteiger partial charge in [0.15, 0.2) is 11.1 Å². The summed E-state index contributed by atoms with van der Waals surface area (Å²) in [6.07, 6.45) is 5.45. The lowest BCUT2D eigenvalue weighted by Crippen LogP contribution is -2.47. The molecule has 2 N–H and O–H groups in total. The van der Waals surface area contributed by atoms with E-state index in [0.29, 0.717) is 6.04 Å². The first-order chi connectivity index (χ1) is 13.7. The van der Waals surface area contributed by atoms with Crippen LogP contribution < -0.4 is 15.5 Å². The number of aromatic nitrogens is 4. The van der Waals surface area contributed by atoms with Crippen molar-refractivity contribution in [3.8, 4) is 0 Å². The smallest absolute Gasteiger partial charge is 0.191 e. The molecule has 2 aliphatic rings. The molecule has 9 heteroatoms. The minimum Gasteiger partial charge on any atom is -0.357 e. The summed E-state index contributed by atoms with van der Waals surface area (Å²) in [6, 6.07) is 0.326. The Morgan fingerprint density at radius 2 is 2.18 bits per heavy atom. The molecule has 0 aromatic carbocycles. The molecule has 1 unspecified atom stereocenters. The number of hydrogen-bond acceptors (Lipinski definition) is 6. The summed E-state index contributed by atoms with van der Waals surface area (Å²) in [5, 5.41) is 14.8. The molecule has 4 heterocycles. The van der Waals surface area contributed by atoms with Gasteiger partial charge in [0.05, 0.1) is 12.2 Å². The zero-order valence-corrected chi connectivity index (χ0v) is 17.6.